The molecule has 0 heterocycles. The van der Waals surface area contributed by atoms with Crippen LogP contribution in [-0.4, -0.2) is 0 Å². The van der Waals surface area contributed by atoms with E-state index in [1.54, 1.807) is 5.57 Å². The highest BCUT2D eigenvalue weighted by Crippen LogP contribution is 2.08. The Bertz CT molecular complexity index is 80.0. The molecule has 86 valence electrons. The molecule has 13 heavy (non-hydrogen) atoms. The molecule has 0 unspecified atom stereocenters. The van der Waals surface area contributed by atoms with Gasteiger partial charge in [-0.3, -0.25) is 0 Å². The van der Waals surface area contributed by atoms with Gasteiger partial charge in [-0.1, -0.05) is 68.5 Å². The molecule has 0 saturated heterocycles. The van der Waals surface area contributed by atoms with Crippen LogP contribution in [0.2, 0.25) is 0 Å². The number of allylic oxidation sites excluding steroid dienone is 2. The molecule has 0 aromatic carbocycles. The van der Waals surface area contributed by atoms with Gasteiger partial charge in [0.15, 0.2) is 0 Å². The maximum absolute atomic E-state index is 2.35. The maximum Gasteiger partial charge on any atom is -0.0323 e. The predicted molar refractivity (Wildman–Crippen MR) is 70.5 cm³/mol. The zero-order valence-electron chi connectivity index (χ0n) is 6.91. The summed E-state index contributed by atoms with van der Waals surface area (Å²) in [5, 5.41) is 0. The van der Waals surface area contributed by atoms with Crippen LogP contribution in [0.15, 0.2) is 11.6 Å². The zero-order valence-corrected chi connectivity index (χ0v) is 6.91. The summed E-state index contributed by atoms with van der Waals surface area (Å²) >= 11 is 0. The van der Waals surface area contributed by atoms with Crippen LogP contribution < -0.4 is 0 Å². The second-order valence-corrected chi connectivity index (χ2v) is 2.37. The first-order valence-corrected chi connectivity index (χ1v) is 4.03. The molecular weight excluding hydrogens is 156 g/mol. The Labute approximate surface area is 88.5 Å². The lowest BCUT2D eigenvalue weighted by molar-refractivity contribution is 0.849. The van der Waals surface area contributed by atoms with Gasteiger partial charge in [0, 0.05) is 0 Å². The molecule has 0 atom stereocenters. The smallest absolute Gasteiger partial charge is 0.0323 e. The number of rotatable bonds is 4. The molecule has 0 amide bonds. The van der Waals surface area contributed by atoms with E-state index in [0.29, 0.717) is 0 Å². The minimum absolute atomic E-state index is 0. The molecule has 0 radical (unpaired) electrons. The van der Waals surface area contributed by atoms with Gasteiger partial charge in [-0.2, -0.15) is 0 Å². The average molecular weight is 190 g/mol. The minimum Gasteiger partial charge on any atom is -0.0856 e. The first kappa shape index (κ1) is 29.3. The summed E-state index contributed by atoms with van der Waals surface area (Å²) in [5.41, 5.74) is 1.63. The third-order valence-electron chi connectivity index (χ3n) is 1.52. The van der Waals surface area contributed by atoms with Gasteiger partial charge in [-0.05, 0) is 19.3 Å². The van der Waals surface area contributed by atoms with Crippen LogP contribution in [0, 0.1) is 0 Å². The van der Waals surface area contributed by atoms with Crippen molar-refractivity contribution in [3.63, 3.8) is 0 Å². The van der Waals surface area contributed by atoms with Gasteiger partial charge in [0.05, 0.1) is 0 Å². The largest absolute Gasteiger partial charge is 0.0856 e. The maximum atomic E-state index is 2.35. The standard InChI is InChI=1S/C9H18.4CH4/c1-4-7-9(6-3)8-5-2;;;;/h7H,4-6,8H2,1-3H3;4*1H4. The fourth-order valence-electron chi connectivity index (χ4n) is 1.03. The molecule has 0 spiro atoms. The Hall–Kier alpha value is -0.260. The first-order chi connectivity index (χ1) is 4.35. The molecule has 0 rings (SSSR count). The van der Waals surface area contributed by atoms with Crippen molar-refractivity contribution in [2.45, 2.75) is 76.2 Å². The predicted octanol–water partition coefficient (Wildman–Crippen LogP) is 6.08. The van der Waals surface area contributed by atoms with Crippen LogP contribution in [0.4, 0.5) is 0 Å². The first-order valence-electron chi connectivity index (χ1n) is 4.03. The van der Waals surface area contributed by atoms with E-state index in [9.17, 15) is 0 Å². The van der Waals surface area contributed by atoms with E-state index in [0.717, 1.165) is 0 Å². The Kier molecular flexibility index (Phi) is 51.0. The van der Waals surface area contributed by atoms with E-state index in [2.05, 4.69) is 26.8 Å². The molecule has 0 heteroatoms. The normalized spacial score (nSPS) is 8.38. The molecule has 0 aromatic rings. The molecule has 0 N–H and O–H groups in total. The summed E-state index contributed by atoms with van der Waals surface area (Å²) in [6.07, 6.45) is 7.37. The van der Waals surface area contributed by atoms with E-state index in [1.807, 2.05) is 0 Å². The van der Waals surface area contributed by atoms with Crippen molar-refractivity contribution in [1.82, 2.24) is 0 Å². The lowest BCUT2D eigenvalue weighted by atomic mass is 10.1. The molecule has 0 aromatic heterocycles. The van der Waals surface area contributed by atoms with Gasteiger partial charge in [0.2, 0.25) is 0 Å². The van der Waals surface area contributed by atoms with Crippen LogP contribution in [-0.2, 0) is 0 Å². The molecule has 0 fully saturated rings. The zero-order chi connectivity index (χ0) is 7.11. The Morgan fingerprint density at radius 3 is 1.62 bits per heavy atom. The van der Waals surface area contributed by atoms with Gasteiger partial charge in [-0.15, -0.1) is 0 Å². The Morgan fingerprint density at radius 2 is 1.38 bits per heavy atom. The quantitative estimate of drug-likeness (QED) is 0.471. The van der Waals surface area contributed by atoms with Crippen LogP contribution in [0.5, 0.6) is 0 Å². The third-order valence-corrected chi connectivity index (χ3v) is 1.52. The second-order valence-electron chi connectivity index (χ2n) is 2.37. The second kappa shape index (κ2) is 22.6. The summed E-state index contributed by atoms with van der Waals surface area (Å²) in [7, 11) is 0. The van der Waals surface area contributed by atoms with Crippen molar-refractivity contribution < 1.29 is 0 Å². The van der Waals surface area contributed by atoms with Crippen LogP contribution in [0.3, 0.4) is 0 Å². The Morgan fingerprint density at radius 1 is 0.923 bits per heavy atom. The Balaban J connectivity index is -0.0000000533. The number of hydrogen-bond donors (Lipinski definition) is 0. The summed E-state index contributed by atoms with van der Waals surface area (Å²) in [5.74, 6) is 0. The van der Waals surface area contributed by atoms with Gasteiger partial charge < -0.3 is 0 Å². The molecule has 0 saturated carbocycles. The lowest BCUT2D eigenvalue weighted by Gasteiger charge is -1.99. The van der Waals surface area contributed by atoms with Crippen molar-refractivity contribution in [2.75, 3.05) is 0 Å². The minimum atomic E-state index is 0. The molecule has 0 bridgehead atoms. The van der Waals surface area contributed by atoms with E-state index < -0.39 is 0 Å². The molecule has 0 nitrogen and oxygen atoms in total. The van der Waals surface area contributed by atoms with E-state index in [4.69, 9.17) is 0 Å². The fourth-order valence-corrected chi connectivity index (χ4v) is 1.03. The summed E-state index contributed by atoms with van der Waals surface area (Å²) in [4.78, 5) is 0. The van der Waals surface area contributed by atoms with E-state index >= 15 is 0 Å². The fraction of sp³-hybridized carbons (Fsp3) is 0.846. The van der Waals surface area contributed by atoms with Crippen molar-refractivity contribution >= 4 is 0 Å². The van der Waals surface area contributed by atoms with Crippen molar-refractivity contribution in [1.29, 1.82) is 0 Å². The highest BCUT2D eigenvalue weighted by molar-refractivity contribution is 4.99. The van der Waals surface area contributed by atoms with Crippen LogP contribution >= 0.6 is 0 Å². The van der Waals surface area contributed by atoms with E-state index in [-0.39, 0.29) is 29.7 Å². The van der Waals surface area contributed by atoms with E-state index in [1.165, 1.54) is 25.7 Å². The van der Waals surface area contributed by atoms with Crippen LogP contribution in [0.25, 0.3) is 0 Å². The molecule has 0 aliphatic heterocycles. The third kappa shape index (κ3) is 18.6. The summed E-state index contributed by atoms with van der Waals surface area (Å²) in [6.45, 7) is 6.67. The summed E-state index contributed by atoms with van der Waals surface area (Å²) in [6, 6.07) is 0. The van der Waals surface area contributed by atoms with Gasteiger partial charge in [-0.25, -0.2) is 0 Å². The molecule has 0 aliphatic rings. The highest BCUT2D eigenvalue weighted by Gasteiger charge is 1.88. The van der Waals surface area contributed by atoms with Gasteiger partial charge >= 0.3 is 0 Å². The van der Waals surface area contributed by atoms with Gasteiger partial charge in [0.1, 0.15) is 0 Å². The summed E-state index contributed by atoms with van der Waals surface area (Å²) < 4.78 is 0. The average Bonchev–Trinajstić information content (AvgIpc) is 1.88. The van der Waals surface area contributed by atoms with Crippen molar-refractivity contribution in [3.05, 3.63) is 11.6 Å². The molecular formula is C13H34. The topological polar surface area (TPSA) is 0 Å². The highest BCUT2D eigenvalue weighted by atomic mass is 13.9. The van der Waals surface area contributed by atoms with Crippen molar-refractivity contribution in [3.8, 4) is 0 Å². The SMILES string of the molecule is C.C.C.C.CCC=C(CC)CCC. The van der Waals surface area contributed by atoms with Crippen LogP contribution in [0.1, 0.15) is 76.2 Å². The number of hydrogen-bond acceptors (Lipinski definition) is 0. The van der Waals surface area contributed by atoms with Crippen molar-refractivity contribution in [2.24, 2.45) is 0 Å². The monoisotopic (exact) mass is 190 g/mol. The lowest BCUT2D eigenvalue weighted by Crippen LogP contribution is -1.78. The van der Waals surface area contributed by atoms with Gasteiger partial charge in [0.25, 0.3) is 0 Å². The molecule has 0 aliphatic carbocycles.